The first kappa shape index (κ1) is 17.3. The van der Waals surface area contributed by atoms with Gasteiger partial charge in [-0.3, -0.25) is 0 Å². The second kappa shape index (κ2) is 7.61. The van der Waals surface area contributed by atoms with E-state index in [1.165, 1.54) is 48.2 Å². The highest BCUT2D eigenvalue weighted by atomic mass is 16.5. The van der Waals surface area contributed by atoms with Crippen LogP contribution in [0.1, 0.15) is 55.7 Å². The van der Waals surface area contributed by atoms with Crippen LogP contribution in [0.2, 0.25) is 0 Å². The molecule has 1 N–H and O–H groups in total. The minimum atomic E-state index is 0.558. The molecule has 1 atom stereocenters. The highest BCUT2D eigenvalue weighted by molar-refractivity contribution is 5.63. The van der Waals surface area contributed by atoms with Crippen LogP contribution in [0.4, 0.5) is 11.4 Å². The number of nitrogens with one attached hydrogen (secondary N) is 1. The second-order valence-electron chi connectivity index (χ2n) is 7.54. The first-order valence-corrected chi connectivity index (χ1v) is 10.2. The molecule has 4 rings (SSSR count). The Hall–Kier alpha value is -2.16. The van der Waals surface area contributed by atoms with Gasteiger partial charge in [0.15, 0.2) is 0 Å². The highest BCUT2D eigenvalue weighted by Gasteiger charge is 2.23. The molecule has 0 saturated carbocycles. The van der Waals surface area contributed by atoms with Crippen molar-refractivity contribution in [1.82, 2.24) is 0 Å². The third-order valence-electron chi connectivity index (χ3n) is 5.76. The van der Waals surface area contributed by atoms with E-state index < -0.39 is 0 Å². The smallest absolute Gasteiger partial charge is 0.124 e. The number of fused-ring (bicyclic) bond motifs is 2. The van der Waals surface area contributed by atoms with E-state index in [4.69, 9.17) is 4.74 Å². The Morgan fingerprint density at radius 1 is 1.19 bits per heavy atom. The Bertz CT molecular complexity index is 771. The van der Waals surface area contributed by atoms with Gasteiger partial charge < -0.3 is 15.0 Å². The van der Waals surface area contributed by atoms with Crippen molar-refractivity contribution in [2.24, 2.45) is 0 Å². The Morgan fingerprint density at radius 3 is 2.96 bits per heavy atom. The lowest BCUT2D eigenvalue weighted by Crippen LogP contribution is -2.31. The minimum Gasteiger partial charge on any atom is -0.493 e. The van der Waals surface area contributed by atoms with Crippen LogP contribution in [0.3, 0.4) is 0 Å². The number of nitrogens with zero attached hydrogens (tertiary/aromatic N) is 1. The SMILES string of the molecule is CCCN1CCCc2cccc(CNc3ccc4c(c3)OCC4CC)c21. The molecule has 0 saturated heterocycles. The Kier molecular flexibility index (Phi) is 5.05. The van der Waals surface area contributed by atoms with E-state index in [1.54, 1.807) is 0 Å². The zero-order valence-corrected chi connectivity index (χ0v) is 16.1. The summed E-state index contributed by atoms with van der Waals surface area (Å²) in [6, 6.07) is 13.4. The van der Waals surface area contributed by atoms with Gasteiger partial charge in [-0.1, -0.05) is 38.1 Å². The molecule has 2 aromatic carbocycles. The molecular formula is C23H30N2O. The largest absolute Gasteiger partial charge is 0.493 e. The van der Waals surface area contributed by atoms with Crippen LogP contribution in [0.25, 0.3) is 0 Å². The van der Waals surface area contributed by atoms with Gasteiger partial charge in [-0.05, 0) is 42.9 Å². The maximum absolute atomic E-state index is 5.89. The number of hydrogen-bond donors (Lipinski definition) is 1. The van der Waals surface area contributed by atoms with E-state index >= 15 is 0 Å². The summed E-state index contributed by atoms with van der Waals surface area (Å²) >= 11 is 0. The summed E-state index contributed by atoms with van der Waals surface area (Å²) in [6.45, 7) is 8.52. The summed E-state index contributed by atoms with van der Waals surface area (Å²) < 4.78 is 5.89. The molecule has 0 amide bonds. The van der Waals surface area contributed by atoms with Crippen molar-refractivity contribution in [2.75, 3.05) is 29.9 Å². The number of hydrogen-bond acceptors (Lipinski definition) is 3. The summed E-state index contributed by atoms with van der Waals surface area (Å²) in [5.74, 6) is 1.62. The topological polar surface area (TPSA) is 24.5 Å². The molecule has 0 spiro atoms. The normalized spacial score (nSPS) is 18.2. The third-order valence-corrected chi connectivity index (χ3v) is 5.76. The number of anilines is 2. The van der Waals surface area contributed by atoms with Crippen molar-refractivity contribution < 1.29 is 4.74 Å². The predicted molar refractivity (Wildman–Crippen MR) is 110 cm³/mol. The molecular weight excluding hydrogens is 320 g/mol. The number of rotatable bonds is 6. The first-order chi connectivity index (χ1) is 12.8. The lowest BCUT2D eigenvalue weighted by Gasteiger charge is -2.33. The van der Waals surface area contributed by atoms with Crippen molar-refractivity contribution in [3.63, 3.8) is 0 Å². The molecule has 2 aromatic rings. The molecule has 0 aromatic heterocycles. The minimum absolute atomic E-state index is 0.558. The quantitative estimate of drug-likeness (QED) is 0.760. The molecule has 138 valence electrons. The lowest BCUT2D eigenvalue weighted by atomic mass is 9.97. The summed E-state index contributed by atoms with van der Waals surface area (Å²) in [5.41, 5.74) is 6.90. The van der Waals surface area contributed by atoms with E-state index in [1.807, 2.05) is 0 Å². The van der Waals surface area contributed by atoms with Gasteiger partial charge >= 0.3 is 0 Å². The molecule has 0 radical (unpaired) electrons. The van der Waals surface area contributed by atoms with Gasteiger partial charge in [-0.25, -0.2) is 0 Å². The predicted octanol–water partition coefficient (Wildman–Crippen LogP) is 5.35. The molecule has 2 aliphatic rings. The number of para-hydroxylation sites is 1. The highest BCUT2D eigenvalue weighted by Crippen LogP contribution is 2.38. The van der Waals surface area contributed by atoms with Gasteiger partial charge in [0, 0.05) is 48.6 Å². The molecule has 0 bridgehead atoms. The summed E-state index contributed by atoms with van der Waals surface area (Å²) in [6.07, 6.45) is 4.81. The zero-order valence-electron chi connectivity index (χ0n) is 16.1. The van der Waals surface area contributed by atoms with Crippen molar-refractivity contribution in [2.45, 2.75) is 52.0 Å². The van der Waals surface area contributed by atoms with Gasteiger partial charge in [-0.2, -0.15) is 0 Å². The van der Waals surface area contributed by atoms with E-state index in [2.05, 4.69) is 60.5 Å². The standard InChI is InChI=1S/C23H30N2O/c1-3-12-25-13-6-9-18-7-5-8-19(23(18)25)15-24-20-10-11-21-17(4-2)16-26-22(21)14-20/h5,7-8,10-11,14,17,24H,3-4,6,9,12-13,15-16H2,1-2H3. The van der Waals surface area contributed by atoms with Gasteiger partial charge in [0.05, 0.1) is 6.61 Å². The Balaban J connectivity index is 1.52. The van der Waals surface area contributed by atoms with Crippen molar-refractivity contribution in [3.05, 3.63) is 53.1 Å². The van der Waals surface area contributed by atoms with E-state index in [0.29, 0.717) is 5.92 Å². The molecule has 3 heteroatoms. The fraction of sp³-hybridized carbons (Fsp3) is 0.478. The fourth-order valence-corrected chi connectivity index (χ4v) is 4.38. The van der Waals surface area contributed by atoms with Crippen LogP contribution in [0.15, 0.2) is 36.4 Å². The average Bonchev–Trinajstić information content (AvgIpc) is 3.09. The third kappa shape index (κ3) is 3.27. The van der Waals surface area contributed by atoms with Gasteiger partial charge in [0.1, 0.15) is 5.75 Å². The van der Waals surface area contributed by atoms with Gasteiger partial charge in [-0.15, -0.1) is 0 Å². The fourth-order valence-electron chi connectivity index (χ4n) is 4.38. The first-order valence-electron chi connectivity index (χ1n) is 10.2. The van der Waals surface area contributed by atoms with E-state index in [9.17, 15) is 0 Å². The molecule has 0 fully saturated rings. The van der Waals surface area contributed by atoms with E-state index in [0.717, 1.165) is 37.6 Å². The molecule has 1 unspecified atom stereocenters. The van der Waals surface area contributed by atoms with E-state index in [-0.39, 0.29) is 0 Å². The lowest BCUT2D eigenvalue weighted by molar-refractivity contribution is 0.328. The zero-order chi connectivity index (χ0) is 17.9. The second-order valence-corrected chi connectivity index (χ2v) is 7.54. The van der Waals surface area contributed by atoms with Crippen LogP contribution in [-0.2, 0) is 13.0 Å². The maximum atomic E-state index is 5.89. The average molecular weight is 351 g/mol. The van der Waals surface area contributed by atoms with Crippen LogP contribution in [0.5, 0.6) is 5.75 Å². The van der Waals surface area contributed by atoms with Gasteiger partial charge in [0.2, 0.25) is 0 Å². The van der Waals surface area contributed by atoms with Crippen LogP contribution < -0.4 is 15.0 Å². The molecule has 3 nitrogen and oxygen atoms in total. The number of aryl methyl sites for hydroxylation is 1. The number of ether oxygens (including phenoxy) is 1. The monoisotopic (exact) mass is 350 g/mol. The summed E-state index contributed by atoms with van der Waals surface area (Å²) in [4.78, 5) is 2.58. The Labute approximate surface area is 157 Å². The molecule has 2 heterocycles. The molecule has 26 heavy (non-hydrogen) atoms. The Morgan fingerprint density at radius 2 is 2.12 bits per heavy atom. The van der Waals surface area contributed by atoms with Crippen molar-refractivity contribution >= 4 is 11.4 Å². The van der Waals surface area contributed by atoms with Gasteiger partial charge in [0.25, 0.3) is 0 Å². The van der Waals surface area contributed by atoms with Crippen molar-refractivity contribution in [3.8, 4) is 5.75 Å². The van der Waals surface area contributed by atoms with Crippen LogP contribution >= 0.6 is 0 Å². The summed E-state index contributed by atoms with van der Waals surface area (Å²) in [7, 11) is 0. The maximum Gasteiger partial charge on any atom is 0.124 e. The number of benzene rings is 2. The molecule has 0 aliphatic carbocycles. The van der Waals surface area contributed by atoms with Crippen LogP contribution in [0, 0.1) is 0 Å². The summed E-state index contributed by atoms with van der Waals surface area (Å²) in [5, 5.41) is 3.63. The van der Waals surface area contributed by atoms with Crippen LogP contribution in [-0.4, -0.2) is 19.7 Å². The van der Waals surface area contributed by atoms with Crippen molar-refractivity contribution in [1.29, 1.82) is 0 Å². The molecule has 2 aliphatic heterocycles.